The standard InChI is InChI=1S/C21H31ClO2/c1-12-8-9-18(3)11-16(24)21(22)10-15(23)17-13(2)6-7-14(12)19(18,4)20(17,21)5/h6,12,14,16-17,24H,7-11H2,1-5H3/t12-,14+,16+,17-,18+,19-,20-,21-/m0/s1. The number of ketones is 1. The number of halogens is 1. The fourth-order valence-electron chi connectivity index (χ4n) is 7.84. The predicted octanol–water partition coefficient (Wildman–Crippen LogP) is 4.73. The summed E-state index contributed by atoms with van der Waals surface area (Å²) in [6.45, 7) is 11.5. The van der Waals surface area contributed by atoms with Crippen molar-refractivity contribution in [2.75, 3.05) is 0 Å². The number of aliphatic hydroxyl groups is 1. The fraction of sp³-hybridized carbons (Fsp3) is 0.857. The Bertz CT molecular complexity index is 642. The van der Waals surface area contributed by atoms with Crippen LogP contribution in [0.2, 0.25) is 0 Å². The van der Waals surface area contributed by atoms with E-state index in [-0.39, 0.29) is 27.9 Å². The van der Waals surface area contributed by atoms with Gasteiger partial charge in [0, 0.05) is 17.8 Å². The van der Waals surface area contributed by atoms with Crippen molar-refractivity contribution in [3.8, 4) is 0 Å². The number of alkyl halides is 1. The molecule has 3 saturated carbocycles. The lowest BCUT2D eigenvalue weighted by molar-refractivity contribution is -0.225. The molecule has 0 amide bonds. The highest BCUT2D eigenvalue weighted by Crippen LogP contribution is 2.79. The smallest absolute Gasteiger partial charge is 0.142 e. The van der Waals surface area contributed by atoms with Crippen LogP contribution in [-0.4, -0.2) is 21.9 Å². The molecule has 2 nitrogen and oxygen atoms in total. The van der Waals surface area contributed by atoms with Crippen molar-refractivity contribution in [2.45, 2.75) is 77.7 Å². The summed E-state index contributed by atoms with van der Waals surface area (Å²) < 4.78 is 0. The Kier molecular flexibility index (Phi) is 3.33. The molecular formula is C21H31ClO2. The zero-order chi connectivity index (χ0) is 17.7. The first-order chi connectivity index (χ1) is 11.0. The lowest BCUT2D eigenvalue weighted by Gasteiger charge is -2.71. The predicted molar refractivity (Wildman–Crippen MR) is 96.9 cm³/mol. The van der Waals surface area contributed by atoms with Gasteiger partial charge in [-0.1, -0.05) is 39.3 Å². The summed E-state index contributed by atoms with van der Waals surface area (Å²) in [4.78, 5) is 12.3. The molecule has 0 spiro atoms. The number of hydrogen-bond acceptors (Lipinski definition) is 2. The third kappa shape index (κ3) is 1.53. The Morgan fingerprint density at radius 1 is 1.25 bits per heavy atom. The molecule has 134 valence electrons. The average molecular weight is 351 g/mol. The highest BCUT2D eigenvalue weighted by atomic mass is 35.5. The lowest BCUT2D eigenvalue weighted by Crippen LogP contribution is -2.71. The molecule has 0 bridgehead atoms. The Labute approximate surface area is 151 Å². The van der Waals surface area contributed by atoms with Crippen LogP contribution < -0.4 is 0 Å². The molecule has 1 N–H and O–H groups in total. The molecule has 0 aromatic heterocycles. The summed E-state index contributed by atoms with van der Waals surface area (Å²) in [5.74, 6) is 1.27. The van der Waals surface area contributed by atoms with E-state index in [1.165, 1.54) is 12.0 Å². The molecule has 4 aliphatic rings. The molecule has 0 aromatic carbocycles. The van der Waals surface area contributed by atoms with Gasteiger partial charge in [0.1, 0.15) is 5.78 Å². The molecular weight excluding hydrogens is 320 g/mol. The lowest BCUT2D eigenvalue weighted by atomic mass is 9.34. The van der Waals surface area contributed by atoms with Gasteiger partial charge in [0.05, 0.1) is 11.0 Å². The summed E-state index contributed by atoms with van der Waals surface area (Å²) in [7, 11) is 0. The van der Waals surface area contributed by atoms with E-state index in [1.807, 2.05) is 0 Å². The average Bonchev–Trinajstić information content (AvgIpc) is 2.65. The van der Waals surface area contributed by atoms with E-state index in [9.17, 15) is 9.90 Å². The number of carbonyl (C=O) groups excluding carboxylic acids is 1. The molecule has 8 atom stereocenters. The molecule has 0 saturated heterocycles. The summed E-state index contributed by atoms with van der Waals surface area (Å²) in [6, 6.07) is 0. The molecule has 0 heterocycles. The fourth-order valence-corrected chi connectivity index (χ4v) is 8.36. The second kappa shape index (κ2) is 4.68. The summed E-state index contributed by atoms with van der Waals surface area (Å²) in [5.41, 5.74) is 0.799. The van der Waals surface area contributed by atoms with Gasteiger partial charge in [0.2, 0.25) is 0 Å². The van der Waals surface area contributed by atoms with Crippen LogP contribution in [0.1, 0.15) is 66.7 Å². The zero-order valence-electron chi connectivity index (χ0n) is 15.7. The van der Waals surface area contributed by atoms with Crippen LogP contribution in [0.25, 0.3) is 0 Å². The quantitative estimate of drug-likeness (QED) is 0.506. The van der Waals surface area contributed by atoms with Crippen molar-refractivity contribution in [3.63, 3.8) is 0 Å². The molecule has 4 aliphatic carbocycles. The van der Waals surface area contributed by atoms with E-state index in [0.717, 1.165) is 19.3 Å². The van der Waals surface area contributed by atoms with Crippen LogP contribution in [0.3, 0.4) is 0 Å². The van der Waals surface area contributed by atoms with Crippen molar-refractivity contribution in [2.24, 2.45) is 34.0 Å². The van der Waals surface area contributed by atoms with Crippen molar-refractivity contribution < 1.29 is 9.90 Å². The minimum Gasteiger partial charge on any atom is -0.391 e. The third-order valence-electron chi connectivity index (χ3n) is 9.43. The molecule has 4 rings (SSSR count). The van der Waals surface area contributed by atoms with E-state index in [2.05, 4.69) is 40.7 Å². The summed E-state index contributed by atoms with van der Waals surface area (Å²) in [5, 5.41) is 11.1. The number of carbonyl (C=O) groups is 1. The number of aliphatic hydroxyl groups excluding tert-OH is 1. The zero-order valence-corrected chi connectivity index (χ0v) is 16.4. The van der Waals surface area contributed by atoms with E-state index in [4.69, 9.17) is 11.6 Å². The number of rotatable bonds is 0. The number of allylic oxidation sites excluding steroid dienone is 2. The summed E-state index contributed by atoms with van der Waals surface area (Å²) in [6.07, 6.45) is 6.14. The Hall–Kier alpha value is -0.340. The second-order valence-electron chi connectivity index (χ2n) is 9.93. The minimum atomic E-state index is -0.822. The summed E-state index contributed by atoms with van der Waals surface area (Å²) >= 11 is 7.21. The maximum Gasteiger partial charge on any atom is 0.142 e. The van der Waals surface area contributed by atoms with Crippen LogP contribution in [0, 0.1) is 34.0 Å². The number of Topliss-reactive ketones (excluding diaryl/α,β-unsaturated/α-hetero) is 1. The maximum atomic E-state index is 13.1. The van der Waals surface area contributed by atoms with Crippen LogP contribution >= 0.6 is 11.6 Å². The molecule has 0 unspecified atom stereocenters. The van der Waals surface area contributed by atoms with Crippen LogP contribution in [0.5, 0.6) is 0 Å². The first-order valence-electron chi connectivity index (χ1n) is 9.59. The van der Waals surface area contributed by atoms with Gasteiger partial charge in [0.25, 0.3) is 0 Å². The van der Waals surface area contributed by atoms with Gasteiger partial charge in [0.15, 0.2) is 0 Å². The molecule has 3 fully saturated rings. The van der Waals surface area contributed by atoms with Gasteiger partial charge in [-0.3, -0.25) is 4.79 Å². The van der Waals surface area contributed by atoms with Gasteiger partial charge >= 0.3 is 0 Å². The van der Waals surface area contributed by atoms with Gasteiger partial charge in [-0.05, 0) is 55.3 Å². The van der Waals surface area contributed by atoms with Crippen LogP contribution in [0.15, 0.2) is 11.6 Å². The van der Waals surface area contributed by atoms with Gasteiger partial charge < -0.3 is 5.11 Å². The van der Waals surface area contributed by atoms with Crippen molar-refractivity contribution in [1.29, 1.82) is 0 Å². The van der Waals surface area contributed by atoms with Crippen LogP contribution in [0.4, 0.5) is 0 Å². The molecule has 0 aromatic rings. The molecule has 3 heteroatoms. The third-order valence-corrected chi connectivity index (χ3v) is 10.2. The van der Waals surface area contributed by atoms with E-state index in [0.29, 0.717) is 18.3 Å². The normalized spacial score (nSPS) is 59.6. The highest BCUT2D eigenvalue weighted by Gasteiger charge is 2.79. The first kappa shape index (κ1) is 17.1. The Morgan fingerprint density at radius 3 is 2.58 bits per heavy atom. The minimum absolute atomic E-state index is 0.0380. The topological polar surface area (TPSA) is 37.3 Å². The van der Waals surface area contributed by atoms with Crippen molar-refractivity contribution in [3.05, 3.63) is 11.6 Å². The molecule has 0 radical (unpaired) electrons. The van der Waals surface area contributed by atoms with E-state index in [1.54, 1.807) is 0 Å². The van der Waals surface area contributed by atoms with Gasteiger partial charge in [-0.15, -0.1) is 11.6 Å². The highest BCUT2D eigenvalue weighted by molar-refractivity contribution is 6.28. The Balaban J connectivity index is 2.05. The maximum absolute atomic E-state index is 13.1. The second-order valence-corrected chi connectivity index (χ2v) is 10.6. The Morgan fingerprint density at radius 2 is 1.92 bits per heavy atom. The number of hydrogen-bond donors (Lipinski definition) is 1. The largest absolute Gasteiger partial charge is 0.391 e. The van der Waals surface area contributed by atoms with Crippen molar-refractivity contribution >= 4 is 17.4 Å². The van der Waals surface area contributed by atoms with Crippen molar-refractivity contribution in [1.82, 2.24) is 0 Å². The van der Waals surface area contributed by atoms with E-state index >= 15 is 0 Å². The molecule has 0 aliphatic heterocycles. The molecule has 24 heavy (non-hydrogen) atoms. The van der Waals surface area contributed by atoms with Gasteiger partial charge in [-0.2, -0.15) is 0 Å². The SMILES string of the molecule is CC1=CC[C@@H]2[C@@H](C)CC[C@]3(C)C[C@@H](O)[C@@]4(Cl)CC(=O)[C@H]1[C@@]4(C)[C@@]23C. The van der Waals surface area contributed by atoms with Gasteiger partial charge in [-0.25, -0.2) is 0 Å². The van der Waals surface area contributed by atoms with E-state index < -0.39 is 11.0 Å². The first-order valence-corrected chi connectivity index (χ1v) is 9.97. The monoisotopic (exact) mass is 350 g/mol. The van der Waals surface area contributed by atoms with Crippen LogP contribution in [-0.2, 0) is 4.79 Å².